The van der Waals surface area contributed by atoms with Crippen LogP contribution in [0, 0.1) is 6.92 Å². The monoisotopic (exact) mass is 217 g/mol. The Kier molecular flexibility index (Phi) is 2.86. The van der Waals surface area contributed by atoms with Gasteiger partial charge >= 0.3 is 0 Å². The molecule has 0 radical (unpaired) electrons. The summed E-state index contributed by atoms with van der Waals surface area (Å²) in [6.07, 6.45) is 4.58. The van der Waals surface area contributed by atoms with E-state index in [9.17, 15) is 4.79 Å². The number of rotatable bonds is 3. The van der Waals surface area contributed by atoms with Crippen molar-refractivity contribution < 1.29 is 9.21 Å². The molecule has 82 valence electrons. The molecule has 16 heavy (non-hydrogen) atoms. The number of aromatic nitrogens is 2. The zero-order valence-electron chi connectivity index (χ0n) is 8.73. The van der Waals surface area contributed by atoms with E-state index in [4.69, 9.17) is 4.42 Å². The molecule has 1 amide bonds. The predicted molar refractivity (Wildman–Crippen MR) is 59.7 cm³/mol. The predicted octanol–water partition coefficient (Wildman–Crippen LogP) is 1.96. The molecular formula is C11H11N3O2. The summed E-state index contributed by atoms with van der Waals surface area (Å²) in [5.41, 5.74) is 0. The van der Waals surface area contributed by atoms with Gasteiger partial charge in [-0.25, -0.2) is 0 Å². The second-order valence-corrected chi connectivity index (χ2v) is 3.24. The summed E-state index contributed by atoms with van der Waals surface area (Å²) >= 11 is 0. The molecule has 0 saturated heterocycles. The van der Waals surface area contributed by atoms with E-state index < -0.39 is 0 Å². The summed E-state index contributed by atoms with van der Waals surface area (Å²) in [6, 6.07) is 5.31. The third kappa shape index (κ3) is 2.60. The lowest BCUT2D eigenvalue weighted by molar-refractivity contribution is -0.111. The third-order valence-electron chi connectivity index (χ3n) is 1.92. The van der Waals surface area contributed by atoms with Crippen LogP contribution in [0.2, 0.25) is 0 Å². The number of hydrogen-bond acceptors (Lipinski definition) is 3. The Morgan fingerprint density at radius 3 is 3.00 bits per heavy atom. The number of aryl methyl sites for hydroxylation is 1. The molecular weight excluding hydrogens is 206 g/mol. The van der Waals surface area contributed by atoms with Crippen LogP contribution in [0.5, 0.6) is 0 Å². The molecule has 2 aromatic rings. The average molecular weight is 217 g/mol. The number of anilines is 1. The van der Waals surface area contributed by atoms with Crippen molar-refractivity contribution in [3.63, 3.8) is 0 Å². The van der Waals surface area contributed by atoms with Crippen LogP contribution in [0.25, 0.3) is 6.08 Å². The first-order valence-corrected chi connectivity index (χ1v) is 4.79. The normalized spacial score (nSPS) is 10.8. The Labute approximate surface area is 92.2 Å². The SMILES string of the molecule is Cc1ccc(/C=C/C(=O)Nc2ccn[nH]2)o1. The van der Waals surface area contributed by atoms with Gasteiger partial charge in [0, 0.05) is 12.1 Å². The number of carbonyl (C=O) groups is 1. The average Bonchev–Trinajstić information content (AvgIpc) is 2.87. The first-order chi connectivity index (χ1) is 7.74. The lowest BCUT2D eigenvalue weighted by atomic mass is 10.4. The summed E-state index contributed by atoms with van der Waals surface area (Å²) < 4.78 is 5.28. The molecule has 0 aliphatic carbocycles. The van der Waals surface area contributed by atoms with E-state index in [2.05, 4.69) is 15.5 Å². The highest BCUT2D eigenvalue weighted by molar-refractivity contribution is 6.01. The molecule has 0 aromatic carbocycles. The molecule has 2 N–H and O–H groups in total. The minimum Gasteiger partial charge on any atom is -0.462 e. The number of carbonyl (C=O) groups excluding carboxylic acids is 1. The van der Waals surface area contributed by atoms with Crippen LogP contribution in [0.15, 0.2) is 34.9 Å². The van der Waals surface area contributed by atoms with Gasteiger partial charge in [-0.3, -0.25) is 9.89 Å². The molecule has 0 saturated carbocycles. The van der Waals surface area contributed by atoms with E-state index in [0.29, 0.717) is 11.6 Å². The van der Waals surface area contributed by atoms with Gasteiger partial charge in [0.1, 0.15) is 17.3 Å². The minimum absolute atomic E-state index is 0.238. The van der Waals surface area contributed by atoms with Crippen molar-refractivity contribution in [2.24, 2.45) is 0 Å². The van der Waals surface area contributed by atoms with Crippen LogP contribution >= 0.6 is 0 Å². The van der Waals surface area contributed by atoms with Crippen molar-refractivity contribution in [3.05, 3.63) is 42.0 Å². The molecule has 5 heteroatoms. The maximum atomic E-state index is 11.4. The van der Waals surface area contributed by atoms with Crippen LogP contribution < -0.4 is 5.32 Å². The number of amides is 1. The summed E-state index contributed by atoms with van der Waals surface area (Å²) in [5.74, 6) is 1.79. The van der Waals surface area contributed by atoms with Gasteiger partial charge in [0.25, 0.3) is 0 Å². The molecule has 0 atom stereocenters. The fourth-order valence-electron chi connectivity index (χ4n) is 1.20. The number of aromatic amines is 1. The van der Waals surface area contributed by atoms with Crippen LogP contribution in [0.1, 0.15) is 11.5 Å². The second-order valence-electron chi connectivity index (χ2n) is 3.24. The van der Waals surface area contributed by atoms with Crippen LogP contribution in [-0.4, -0.2) is 16.1 Å². The van der Waals surface area contributed by atoms with Gasteiger partial charge in [-0.05, 0) is 25.1 Å². The van der Waals surface area contributed by atoms with E-state index in [1.807, 2.05) is 13.0 Å². The zero-order valence-corrected chi connectivity index (χ0v) is 8.73. The fraction of sp³-hybridized carbons (Fsp3) is 0.0909. The molecule has 0 aliphatic rings. The Morgan fingerprint density at radius 2 is 2.38 bits per heavy atom. The number of nitrogens with one attached hydrogen (secondary N) is 2. The summed E-state index contributed by atoms with van der Waals surface area (Å²) in [4.78, 5) is 11.4. The van der Waals surface area contributed by atoms with Crippen molar-refractivity contribution in [1.29, 1.82) is 0 Å². The first kappa shape index (κ1) is 10.2. The molecule has 2 heterocycles. The molecule has 5 nitrogen and oxygen atoms in total. The van der Waals surface area contributed by atoms with Crippen molar-refractivity contribution in [1.82, 2.24) is 10.2 Å². The number of H-pyrrole nitrogens is 1. The van der Waals surface area contributed by atoms with E-state index in [1.165, 1.54) is 6.08 Å². The lowest BCUT2D eigenvalue weighted by Crippen LogP contribution is -2.07. The molecule has 0 spiro atoms. The quantitative estimate of drug-likeness (QED) is 0.772. The number of hydrogen-bond donors (Lipinski definition) is 2. The molecule has 0 aliphatic heterocycles. The van der Waals surface area contributed by atoms with E-state index in [1.54, 1.807) is 24.4 Å². The van der Waals surface area contributed by atoms with E-state index in [-0.39, 0.29) is 5.91 Å². The van der Waals surface area contributed by atoms with E-state index in [0.717, 1.165) is 5.76 Å². The Morgan fingerprint density at radius 1 is 1.50 bits per heavy atom. The van der Waals surface area contributed by atoms with Gasteiger partial charge < -0.3 is 9.73 Å². The van der Waals surface area contributed by atoms with Crippen molar-refractivity contribution in [2.45, 2.75) is 6.92 Å². The Hall–Kier alpha value is -2.30. The third-order valence-corrected chi connectivity index (χ3v) is 1.92. The molecule has 2 rings (SSSR count). The summed E-state index contributed by atoms with van der Waals surface area (Å²) in [5, 5.41) is 8.96. The number of furan rings is 1. The van der Waals surface area contributed by atoms with Crippen LogP contribution in [0.3, 0.4) is 0 Å². The number of nitrogens with zero attached hydrogens (tertiary/aromatic N) is 1. The zero-order chi connectivity index (χ0) is 11.4. The Balaban J connectivity index is 1.94. The Bertz CT molecular complexity index is 497. The maximum Gasteiger partial charge on any atom is 0.249 e. The minimum atomic E-state index is -0.238. The first-order valence-electron chi connectivity index (χ1n) is 4.79. The van der Waals surface area contributed by atoms with Crippen molar-refractivity contribution in [3.8, 4) is 0 Å². The van der Waals surface area contributed by atoms with Gasteiger partial charge in [-0.15, -0.1) is 0 Å². The highest BCUT2D eigenvalue weighted by Crippen LogP contribution is 2.08. The van der Waals surface area contributed by atoms with Gasteiger partial charge in [0.2, 0.25) is 5.91 Å². The van der Waals surface area contributed by atoms with Gasteiger partial charge in [-0.2, -0.15) is 5.10 Å². The van der Waals surface area contributed by atoms with Gasteiger partial charge in [0.05, 0.1) is 6.20 Å². The molecule has 0 bridgehead atoms. The van der Waals surface area contributed by atoms with E-state index >= 15 is 0 Å². The van der Waals surface area contributed by atoms with Crippen molar-refractivity contribution >= 4 is 17.8 Å². The summed E-state index contributed by atoms with van der Waals surface area (Å²) in [7, 11) is 0. The topological polar surface area (TPSA) is 70.9 Å². The fourth-order valence-corrected chi connectivity index (χ4v) is 1.20. The van der Waals surface area contributed by atoms with Crippen LogP contribution in [-0.2, 0) is 4.79 Å². The standard InChI is InChI=1S/C11H11N3O2/c1-8-2-3-9(16-8)4-5-11(15)13-10-6-7-12-14-10/h2-7H,1H3,(H2,12,13,14,15)/b5-4+. The van der Waals surface area contributed by atoms with Crippen molar-refractivity contribution in [2.75, 3.05) is 5.32 Å². The molecule has 0 unspecified atom stereocenters. The second kappa shape index (κ2) is 4.48. The maximum absolute atomic E-state index is 11.4. The highest BCUT2D eigenvalue weighted by Gasteiger charge is 1.99. The lowest BCUT2D eigenvalue weighted by Gasteiger charge is -1.95. The van der Waals surface area contributed by atoms with Gasteiger partial charge in [0.15, 0.2) is 0 Å². The van der Waals surface area contributed by atoms with Crippen LogP contribution in [0.4, 0.5) is 5.82 Å². The smallest absolute Gasteiger partial charge is 0.249 e. The highest BCUT2D eigenvalue weighted by atomic mass is 16.3. The summed E-state index contributed by atoms with van der Waals surface area (Å²) in [6.45, 7) is 1.85. The largest absolute Gasteiger partial charge is 0.462 e. The molecule has 0 fully saturated rings. The molecule has 2 aromatic heterocycles. The van der Waals surface area contributed by atoms with Gasteiger partial charge in [-0.1, -0.05) is 0 Å².